The normalized spacial score (nSPS) is 10.4. The van der Waals surface area contributed by atoms with Crippen LogP contribution in [0.25, 0.3) is 0 Å². The van der Waals surface area contributed by atoms with Crippen molar-refractivity contribution in [1.82, 2.24) is 15.2 Å². The zero-order valence-corrected chi connectivity index (χ0v) is 10.3. The molecule has 0 spiro atoms. The number of rotatable bonds is 4. The number of amides is 1. The Morgan fingerprint density at radius 2 is 2.32 bits per heavy atom. The lowest BCUT2D eigenvalue weighted by atomic mass is 10.3. The zero-order valence-electron chi connectivity index (χ0n) is 10.3. The van der Waals surface area contributed by atoms with Crippen LogP contribution in [0.2, 0.25) is 0 Å². The minimum Gasteiger partial charge on any atom is -0.505 e. The molecular formula is C12H13FN4O2. The number of benzene rings is 1. The highest BCUT2D eigenvalue weighted by atomic mass is 19.1. The fourth-order valence-corrected chi connectivity index (χ4v) is 1.52. The quantitative estimate of drug-likeness (QED) is 0.735. The van der Waals surface area contributed by atoms with E-state index >= 15 is 0 Å². The molecule has 6 nitrogen and oxygen atoms in total. The van der Waals surface area contributed by atoms with Crippen molar-refractivity contribution >= 4 is 11.6 Å². The van der Waals surface area contributed by atoms with Crippen molar-refractivity contribution in [1.29, 1.82) is 0 Å². The molecule has 0 saturated carbocycles. The van der Waals surface area contributed by atoms with E-state index in [4.69, 9.17) is 5.11 Å². The largest absolute Gasteiger partial charge is 0.505 e. The molecule has 0 fully saturated rings. The minimum absolute atomic E-state index is 0.00284. The SMILES string of the molecule is CCCc1nc(C(=O)Nc2ccc(O)c(F)c2)n[nH]1. The first kappa shape index (κ1) is 13.0. The summed E-state index contributed by atoms with van der Waals surface area (Å²) in [5.74, 6) is -1.19. The Bertz CT molecular complexity index is 597. The molecule has 0 bridgehead atoms. The van der Waals surface area contributed by atoms with Gasteiger partial charge in [0.15, 0.2) is 11.6 Å². The summed E-state index contributed by atoms with van der Waals surface area (Å²) >= 11 is 0. The van der Waals surface area contributed by atoms with Gasteiger partial charge in [0.1, 0.15) is 5.82 Å². The summed E-state index contributed by atoms with van der Waals surface area (Å²) in [5.41, 5.74) is 0.224. The summed E-state index contributed by atoms with van der Waals surface area (Å²) in [7, 11) is 0. The molecule has 1 heterocycles. The molecule has 0 aliphatic carbocycles. The van der Waals surface area contributed by atoms with Crippen molar-refractivity contribution in [2.75, 3.05) is 5.32 Å². The van der Waals surface area contributed by atoms with Gasteiger partial charge in [-0.15, -0.1) is 5.10 Å². The van der Waals surface area contributed by atoms with E-state index in [-0.39, 0.29) is 11.5 Å². The number of halogens is 1. The molecule has 0 radical (unpaired) electrons. The second kappa shape index (κ2) is 5.47. The van der Waals surface area contributed by atoms with E-state index < -0.39 is 17.5 Å². The first-order chi connectivity index (χ1) is 9.10. The molecule has 3 N–H and O–H groups in total. The predicted molar refractivity (Wildman–Crippen MR) is 66.4 cm³/mol. The highest BCUT2D eigenvalue weighted by molar-refractivity contribution is 6.01. The smallest absolute Gasteiger partial charge is 0.295 e. The molecule has 0 unspecified atom stereocenters. The number of H-pyrrole nitrogens is 1. The summed E-state index contributed by atoms with van der Waals surface area (Å²) in [6.07, 6.45) is 1.59. The standard InChI is InChI=1S/C12H13FN4O2/c1-2-3-10-15-11(17-16-10)12(19)14-7-4-5-9(18)8(13)6-7/h4-6,18H,2-3H2,1H3,(H,14,19)(H,15,16,17). The third-order valence-electron chi connectivity index (χ3n) is 2.43. The third-order valence-corrected chi connectivity index (χ3v) is 2.43. The number of nitrogens with zero attached hydrogens (tertiary/aromatic N) is 2. The van der Waals surface area contributed by atoms with Crippen LogP contribution in [0, 0.1) is 5.82 Å². The number of aryl methyl sites for hydroxylation is 1. The first-order valence-electron chi connectivity index (χ1n) is 5.81. The Hall–Kier alpha value is -2.44. The Morgan fingerprint density at radius 1 is 1.53 bits per heavy atom. The Kier molecular flexibility index (Phi) is 3.74. The summed E-state index contributed by atoms with van der Waals surface area (Å²) in [6, 6.07) is 3.56. The molecule has 1 amide bonds. The number of anilines is 1. The summed E-state index contributed by atoms with van der Waals surface area (Å²) in [6.45, 7) is 1.99. The van der Waals surface area contributed by atoms with Crippen LogP contribution in [-0.2, 0) is 6.42 Å². The fourth-order valence-electron chi connectivity index (χ4n) is 1.52. The van der Waals surface area contributed by atoms with Crippen LogP contribution in [0.5, 0.6) is 5.75 Å². The van der Waals surface area contributed by atoms with E-state index in [9.17, 15) is 9.18 Å². The lowest BCUT2D eigenvalue weighted by molar-refractivity contribution is 0.101. The molecule has 2 aromatic rings. The van der Waals surface area contributed by atoms with Crippen molar-refractivity contribution in [2.24, 2.45) is 0 Å². The molecule has 1 aromatic carbocycles. The lowest BCUT2D eigenvalue weighted by Gasteiger charge is -2.03. The zero-order chi connectivity index (χ0) is 13.8. The summed E-state index contributed by atoms with van der Waals surface area (Å²) < 4.78 is 13.1. The van der Waals surface area contributed by atoms with Gasteiger partial charge >= 0.3 is 0 Å². The van der Waals surface area contributed by atoms with Gasteiger partial charge in [-0.2, -0.15) is 0 Å². The number of hydrogen-bond donors (Lipinski definition) is 3. The van der Waals surface area contributed by atoms with Crippen LogP contribution in [0.4, 0.5) is 10.1 Å². The number of carbonyl (C=O) groups is 1. The van der Waals surface area contributed by atoms with E-state index in [1.54, 1.807) is 0 Å². The second-order valence-corrected chi connectivity index (χ2v) is 3.98. The van der Waals surface area contributed by atoms with Gasteiger partial charge in [-0.25, -0.2) is 9.37 Å². The lowest BCUT2D eigenvalue weighted by Crippen LogP contribution is -2.14. The van der Waals surface area contributed by atoms with Crippen LogP contribution < -0.4 is 5.32 Å². The molecule has 19 heavy (non-hydrogen) atoms. The summed E-state index contributed by atoms with van der Waals surface area (Å²) in [5, 5.41) is 17.9. The van der Waals surface area contributed by atoms with Crippen LogP contribution in [0.1, 0.15) is 29.8 Å². The van der Waals surface area contributed by atoms with Crippen molar-refractivity contribution in [3.8, 4) is 5.75 Å². The maximum absolute atomic E-state index is 13.1. The van der Waals surface area contributed by atoms with E-state index in [1.807, 2.05) is 6.92 Å². The molecule has 1 aromatic heterocycles. The predicted octanol–water partition coefficient (Wildman–Crippen LogP) is 1.85. The van der Waals surface area contributed by atoms with Gasteiger partial charge in [-0.05, 0) is 18.6 Å². The first-order valence-corrected chi connectivity index (χ1v) is 5.81. The molecule has 0 saturated heterocycles. The van der Waals surface area contributed by atoms with Crippen LogP contribution in [-0.4, -0.2) is 26.2 Å². The number of hydrogen-bond acceptors (Lipinski definition) is 4. The number of nitrogens with one attached hydrogen (secondary N) is 2. The van der Waals surface area contributed by atoms with Crippen LogP contribution in [0.3, 0.4) is 0 Å². The van der Waals surface area contributed by atoms with Crippen molar-refractivity contribution in [2.45, 2.75) is 19.8 Å². The molecule has 0 atom stereocenters. The minimum atomic E-state index is -0.806. The number of phenols is 1. The summed E-state index contributed by atoms with van der Waals surface area (Å²) in [4.78, 5) is 15.8. The van der Waals surface area contributed by atoms with E-state index in [0.717, 1.165) is 18.6 Å². The number of aromatic amines is 1. The molecule has 7 heteroatoms. The van der Waals surface area contributed by atoms with E-state index in [0.29, 0.717) is 12.2 Å². The Balaban J connectivity index is 2.09. The maximum Gasteiger partial charge on any atom is 0.295 e. The van der Waals surface area contributed by atoms with Crippen LogP contribution >= 0.6 is 0 Å². The number of aromatic hydroxyl groups is 1. The molecule has 0 aliphatic heterocycles. The van der Waals surface area contributed by atoms with E-state index in [1.165, 1.54) is 6.07 Å². The topological polar surface area (TPSA) is 90.9 Å². The maximum atomic E-state index is 13.1. The highest BCUT2D eigenvalue weighted by Crippen LogP contribution is 2.19. The van der Waals surface area contributed by atoms with E-state index in [2.05, 4.69) is 20.5 Å². The average Bonchev–Trinajstić information content (AvgIpc) is 2.83. The Labute approximate surface area is 108 Å². The fraction of sp³-hybridized carbons (Fsp3) is 0.250. The van der Waals surface area contributed by atoms with Gasteiger partial charge in [0.25, 0.3) is 5.91 Å². The highest BCUT2D eigenvalue weighted by Gasteiger charge is 2.13. The van der Waals surface area contributed by atoms with Crippen molar-refractivity contribution < 1.29 is 14.3 Å². The van der Waals surface area contributed by atoms with Crippen molar-refractivity contribution in [3.63, 3.8) is 0 Å². The molecule has 100 valence electrons. The Morgan fingerprint density at radius 3 is 3.00 bits per heavy atom. The second-order valence-electron chi connectivity index (χ2n) is 3.98. The van der Waals surface area contributed by atoms with Gasteiger partial charge in [0.05, 0.1) is 0 Å². The number of carbonyl (C=O) groups excluding carboxylic acids is 1. The van der Waals surface area contributed by atoms with Gasteiger partial charge < -0.3 is 10.4 Å². The van der Waals surface area contributed by atoms with Gasteiger partial charge in [-0.3, -0.25) is 9.89 Å². The van der Waals surface area contributed by atoms with Gasteiger partial charge in [0, 0.05) is 18.2 Å². The van der Waals surface area contributed by atoms with Gasteiger partial charge in [0.2, 0.25) is 5.82 Å². The molecule has 0 aliphatic rings. The molecule has 2 rings (SSSR count). The number of aromatic nitrogens is 3. The number of phenolic OH excluding ortho intramolecular Hbond substituents is 1. The average molecular weight is 264 g/mol. The third kappa shape index (κ3) is 3.06. The van der Waals surface area contributed by atoms with Gasteiger partial charge in [-0.1, -0.05) is 6.92 Å². The molecular weight excluding hydrogens is 251 g/mol. The van der Waals surface area contributed by atoms with Crippen molar-refractivity contribution in [3.05, 3.63) is 35.7 Å². The van der Waals surface area contributed by atoms with Crippen LogP contribution in [0.15, 0.2) is 18.2 Å². The monoisotopic (exact) mass is 264 g/mol.